The fourth-order valence-electron chi connectivity index (χ4n) is 3.73. The van der Waals surface area contributed by atoms with Crippen LogP contribution in [0.25, 0.3) is 5.69 Å². The molecule has 156 valence electrons. The van der Waals surface area contributed by atoms with Gasteiger partial charge in [-0.2, -0.15) is 0 Å². The fourth-order valence-corrected chi connectivity index (χ4v) is 3.73. The molecule has 4 rings (SSSR count). The highest BCUT2D eigenvalue weighted by atomic mass is 16.5. The minimum absolute atomic E-state index is 0.0976. The topological polar surface area (TPSA) is 83.8 Å². The number of nitrogens with one attached hydrogen (secondary N) is 1. The molecule has 8 heteroatoms. The number of fused-ring (bicyclic) bond motifs is 1. The number of hydrogen-bond acceptors (Lipinski definition) is 6. The number of methoxy groups -OCH3 is 4. The molecule has 0 radical (unpaired) electrons. The number of rotatable bonds is 6. The van der Waals surface area contributed by atoms with Crippen molar-refractivity contribution >= 4 is 11.7 Å². The van der Waals surface area contributed by atoms with Crippen molar-refractivity contribution in [3.63, 3.8) is 0 Å². The van der Waals surface area contributed by atoms with E-state index >= 15 is 0 Å². The number of amides is 1. The number of carbonyl (C=O) groups excluding carboxylic acids is 1. The summed E-state index contributed by atoms with van der Waals surface area (Å²) in [5, 5.41) is 2.96. The molecule has 0 saturated carbocycles. The highest BCUT2D eigenvalue weighted by Crippen LogP contribution is 2.44. The molecule has 2 aromatic carbocycles. The minimum atomic E-state index is -0.289. The van der Waals surface area contributed by atoms with Gasteiger partial charge in [0.1, 0.15) is 23.6 Å². The molecule has 0 aliphatic carbocycles. The van der Waals surface area contributed by atoms with Crippen LogP contribution in [0.15, 0.2) is 42.7 Å². The van der Waals surface area contributed by atoms with Crippen molar-refractivity contribution in [2.24, 2.45) is 0 Å². The Balaban J connectivity index is 1.82. The lowest BCUT2D eigenvalue weighted by molar-refractivity contribution is -0.116. The van der Waals surface area contributed by atoms with Gasteiger partial charge in [0.2, 0.25) is 5.91 Å². The average Bonchev–Trinajstić information content (AvgIpc) is 3.21. The highest BCUT2D eigenvalue weighted by molar-refractivity contribution is 5.94. The van der Waals surface area contributed by atoms with Crippen LogP contribution >= 0.6 is 0 Å². The largest absolute Gasteiger partial charge is 0.497 e. The monoisotopic (exact) mass is 409 g/mol. The highest BCUT2D eigenvalue weighted by Gasteiger charge is 2.33. The number of nitrogens with zero attached hydrogens (tertiary/aromatic N) is 2. The first kappa shape index (κ1) is 19.6. The van der Waals surface area contributed by atoms with E-state index in [0.29, 0.717) is 23.1 Å². The Kier molecular flexibility index (Phi) is 5.22. The van der Waals surface area contributed by atoms with Gasteiger partial charge in [0.15, 0.2) is 11.5 Å². The Labute approximate surface area is 174 Å². The Bertz CT molecular complexity index is 1080. The van der Waals surface area contributed by atoms with Gasteiger partial charge in [-0.1, -0.05) is 0 Å². The zero-order valence-corrected chi connectivity index (χ0v) is 17.3. The lowest BCUT2D eigenvalue weighted by Gasteiger charge is -2.25. The molecule has 3 aromatic rings. The van der Waals surface area contributed by atoms with Gasteiger partial charge >= 0.3 is 0 Å². The quantitative estimate of drug-likeness (QED) is 0.672. The second-order valence-corrected chi connectivity index (χ2v) is 6.80. The van der Waals surface area contributed by atoms with Crippen molar-refractivity contribution in [1.82, 2.24) is 9.55 Å². The van der Waals surface area contributed by atoms with E-state index in [1.807, 2.05) is 34.9 Å². The molecule has 0 bridgehead atoms. The Morgan fingerprint density at radius 1 is 0.933 bits per heavy atom. The number of hydrogen-bond donors (Lipinski definition) is 1. The smallest absolute Gasteiger partial charge is 0.226 e. The third kappa shape index (κ3) is 3.30. The summed E-state index contributed by atoms with van der Waals surface area (Å²) in [4.78, 5) is 17.2. The Hall–Kier alpha value is -3.68. The molecule has 0 saturated heterocycles. The van der Waals surface area contributed by atoms with Gasteiger partial charge < -0.3 is 24.3 Å². The molecule has 1 aromatic heterocycles. The molecule has 2 heterocycles. The molecule has 1 amide bonds. The van der Waals surface area contributed by atoms with E-state index < -0.39 is 0 Å². The second kappa shape index (κ2) is 7.98. The maximum absolute atomic E-state index is 12.6. The van der Waals surface area contributed by atoms with Crippen LogP contribution in [-0.2, 0) is 4.79 Å². The Morgan fingerprint density at radius 3 is 2.23 bits per heavy atom. The summed E-state index contributed by atoms with van der Waals surface area (Å²) < 4.78 is 23.5. The first-order valence-electron chi connectivity index (χ1n) is 9.41. The molecule has 1 N–H and O–H groups in total. The van der Waals surface area contributed by atoms with Crippen molar-refractivity contribution in [2.45, 2.75) is 12.3 Å². The van der Waals surface area contributed by atoms with Crippen LogP contribution in [0.2, 0.25) is 0 Å². The van der Waals surface area contributed by atoms with Crippen molar-refractivity contribution in [3.8, 4) is 28.7 Å². The van der Waals surface area contributed by atoms with E-state index in [0.717, 1.165) is 22.7 Å². The van der Waals surface area contributed by atoms with Crippen LogP contribution in [-0.4, -0.2) is 43.9 Å². The minimum Gasteiger partial charge on any atom is -0.497 e. The van der Waals surface area contributed by atoms with Crippen LogP contribution in [0.5, 0.6) is 23.0 Å². The Morgan fingerprint density at radius 2 is 1.60 bits per heavy atom. The summed E-state index contributed by atoms with van der Waals surface area (Å²) in [5.74, 6) is 2.74. The lowest BCUT2D eigenvalue weighted by Crippen LogP contribution is -2.25. The maximum Gasteiger partial charge on any atom is 0.226 e. The summed E-state index contributed by atoms with van der Waals surface area (Å²) in [7, 11) is 6.35. The van der Waals surface area contributed by atoms with Crippen LogP contribution < -0.4 is 24.3 Å². The van der Waals surface area contributed by atoms with Crippen LogP contribution in [0.3, 0.4) is 0 Å². The van der Waals surface area contributed by atoms with Crippen molar-refractivity contribution < 1.29 is 23.7 Å². The van der Waals surface area contributed by atoms with Crippen molar-refractivity contribution in [1.29, 1.82) is 0 Å². The lowest BCUT2D eigenvalue weighted by atomic mass is 9.88. The summed E-state index contributed by atoms with van der Waals surface area (Å²) in [5.41, 5.74) is 2.44. The summed E-state index contributed by atoms with van der Waals surface area (Å²) in [6, 6.07) is 11.2. The predicted octanol–water partition coefficient (Wildman–Crippen LogP) is 3.38. The maximum atomic E-state index is 12.6. The van der Waals surface area contributed by atoms with E-state index in [-0.39, 0.29) is 18.2 Å². The molecule has 0 spiro atoms. The van der Waals surface area contributed by atoms with Gasteiger partial charge in [-0.05, 0) is 30.3 Å². The van der Waals surface area contributed by atoms with E-state index in [9.17, 15) is 4.79 Å². The summed E-state index contributed by atoms with van der Waals surface area (Å²) in [6.45, 7) is 0. The molecular formula is C22H23N3O5. The predicted molar refractivity (Wildman–Crippen MR) is 111 cm³/mol. The number of anilines is 1. The van der Waals surface area contributed by atoms with E-state index in [2.05, 4.69) is 10.3 Å². The molecule has 1 aliphatic rings. The molecule has 0 fully saturated rings. The third-order valence-electron chi connectivity index (χ3n) is 5.24. The normalized spacial score (nSPS) is 15.2. The standard InChI is InChI=1S/C22H23N3O5/c1-27-14-7-5-13(6-8-14)25-12-23-21-16(10-20(26)24-22(21)25)15-9-18(29-3)19(30-4)11-17(15)28-2/h5-9,11-12,16H,10H2,1-4H3,(H,24,26)/t16-/m1/s1. The van der Waals surface area contributed by atoms with Gasteiger partial charge in [0.25, 0.3) is 0 Å². The number of carbonyl (C=O) groups is 1. The summed E-state index contributed by atoms with van der Waals surface area (Å²) in [6.07, 6.45) is 1.96. The van der Waals surface area contributed by atoms with Gasteiger partial charge in [0.05, 0.1) is 34.1 Å². The number of ether oxygens (including phenoxy) is 4. The average molecular weight is 409 g/mol. The van der Waals surface area contributed by atoms with Gasteiger partial charge in [0, 0.05) is 29.7 Å². The van der Waals surface area contributed by atoms with Crippen molar-refractivity contribution in [2.75, 3.05) is 33.8 Å². The van der Waals surface area contributed by atoms with Crippen LogP contribution in [0, 0.1) is 0 Å². The van der Waals surface area contributed by atoms with Gasteiger partial charge in [-0.15, -0.1) is 0 Å². The number of benzene rings is 2. The molecule has 8 nitrogen and oxygen atoms in total. The first-order chi connectivity index (χ1) is 14.6. The van der Waals surface area contributed by atoms with E-state index in [1.54, 1.807) is 40.8 Å². The zero-order valence-electron chi connectivity index (χ0n) is 17.3. The number of aromatic nitrogens is 2. The van der Waals surface area contributed by atoms with Crippen molar-refractivity contribution in [3.05, 3.63) is 54.0 Å². The van der Waals surface area contributed by atoms with E-state index in [4.69, 9.17) is 18.9 Å². The SMILES string of the molecule is COc1ccc(-n2cnc3c2NC(=O)C[C@@H]3c2cc(OC)c(OC)cc2OC)cc1. The second-order valence-electron chi connectivity index (χ2n) is 6.80. The van der Waals surface area contributed by atoms with E-state index in [1.165, 1.54) is 0 Å². The molecule has 0 unspecified atom stereocenters. The van der Waals surface area contributed by atoms with Crippen LogP contribution in [0.1, 0.15) is 23.6 Å². The zero-order chi connectivity index (χ0) is 21.3. The van der Waals surface area contributed by atoms with Crippen LogP contribution in [0.4, 0.5) is 5.82 Å². The third-order valence-corrected chi connectivity index (χ3v) is 5.24. The molecule has 1 aliphatic heterocycles. The summed E-state index contributed by atoms with van der Waals surface area (Å²) >= 11 is 0. The molecular weight excluding hydrogens is 386 g/mol. The van der Waals surface area contributed by atoms with Gasteiger partial charge in [-0.3, -0.25) is 9.36 Å². The van der Waals surface area contributed by atoms with Gasteiger partial charge in [-0.25, -0.2) is 4.98 Å². The molecule has 30 heavy (non-hydrogen) atoms. The molecule has 1 atom stereocenters. The first-order valence-corrected chi connectivity index (χ1v) is 9.41. The number of imidazole rings is 1. The fraction of sp³-hybridized carbons (Fsp3) is 0.273.